The van der Waals surface area contributed by atoms with Crippen molar-refractivity contribution in [1.29, 1.82) is 0 Å². The molecule has 0 aliphatic heterocycles. The molecule has 0 aliphatic rings. The summed E-state index contributed by atoms with van der Waals surface area (Å²) in [5.41, 5.74) is -0.734. The van der Waals surface area contributed by atoms with E-state index in [1.807, 2.05) is 0 Å². The van der Waals surface area contributed by atoms with Crippen molar-refractivity contribution in [1.82, 2.24) is 0 Å². The number of rotatable bonds is 3. The van der Waals surface area contributed by atoms with Crippen molar-refractivity contribution in [3.63, 3.8) is 0 Å². The molecule has 0 radical (unpaired) electrons. The van der Waals surface area contributed by atoms with Crippen LogP contribution in [0.25, 0.3) is 6.08 Å². The van der Waals surface area contributed by atoms with E-state index in [0.717, 1.165) is 0 Å². The van der Waals surface area contributed by atoms with Gasteiger partial charge in [-0.2, -0.15) is 0 Å². The standard InChI is InChI=1S/C8H8O3/c1-3-5-6(9)7(10)8(5)11-4-2/h3H,1,4H2,2H3. The third-order valence-electron chi connectivity index (χ3n) is 1.39. The van der Waals surface area contributed by atoms with Crippen molar-refractivity contribution < 1.29 is 4.74 Å². The number of ether oxygens (including phenoxy) is 1. The molecule has 1 aromatic rings. The monoisotopic (exact) mass is 152 g/mol. The van der Waals surface area contributed by atoms with Crippen LogP contribution in [0.5, 0.6) is 5.75 Å². The largest absolute Gasteiger partial charge is 0.489 e. The second-order valence-electron chi connectivity index (χ2n) is 2.04. The van der Waals surface area contributed by atoms with Gasteiger partial charge in [0.1, 0.15) is 0 Å². The van der Waals surface area contributed by atoms with Gasteiger partial charge in [-0.05, 0) is 6.92 Å². The smallest absolute Gasteiger partial charge is 0.268 e. The van der Waals surface area contributed by atoms with Gasteiger partial charge in [0.2, 0.25) is 5.43 Å². The van der Waals surface area contributed by atoms with Crippen molar-refractivity contribution in [3.8, 4) is 5.75 Å². The highest BCUT2D eigenvalue weighted by Gasteiger charge is 2.18. The third-order valence-corrected chi connectivity index (χ3v) is 1.39. The van der Waals surface area contributed by atoms with E-state index in [4.69, 9.17) is 4.74 Å². The minimum atomic E-state index is -0.540. The first-order valence-electron chi connectivity index (χ1n) is 3.31. The second kappa shape index (κ2) is 2.70. The molecule has 0 aliphatic carbocycles. The molecule has 0 saturated carbocycles. The van der Waals surface area contributed by atoms with E-state index in [1.165, 1.54) is 6.08 Å². The molecule has 0 fully saturated rings. The van der Waals surface area contributed by atoms with Crippen LogP contribution in [0, 0.1) is 0 Å². The molecule has 1 aromatic carbocycles. The van der Waals surface area contributed by atoms with Gasteiger partial charge >= 0.3 is 0 Å². The van der Waals surface area contributed by atoms with Gasteiger partial charge in [-0.1, -0.05) is 12.7 Å². The van der Waals surface area contributed by atoms with Crippen molar-refractivity contribution in [3.05, 3.63) is 32.6 Å². The Bertz CT molecular complexity index is 342. The Kier molecular flexibility index (Phi) is 1.89. The Morgan fingerprint density at radius 1 is 1.45 bits per heavy atom. The molecule has 3 nitrogen and oxygen atoms in total. The predicted octanol–water partition coefficient (Wildman–Crippen LogP) is 0.324. The Labute approximate surface area is 63.6 Å². The lowest BCUT2D eigenvalue weighted by molar-refractivity contribution is 0.332. The highest BCUT2D eigenvalue weighted by molar-refractivity contribution is 5.59. The van der Waals surface area contributed by atoms with Gasteiger partial charge in [0.05, 0.1) is 12.2 Å². The van der Waals surface area contributed by atoms with E-state index in [1.54, 1.807) is 6.92 Å². The summed E-state index contributed by atoms with van der Waals surface area (Å²) in [5.74, 6) is 0.160. The molecule has 0 heterocycles. The lowest BCUT2D eigenvalue weighted by atomic mass is 10.1. The van der Waals surface area contributed by atoms with Crippen molar-refractivity contribution in [2.75, 3.05) is 6.61 Å². The molecule has 11 heavy (non-hydrogen) atoms. The third kappa shape index (κ3) is 0.981. The molecule has 0 N–H and O–H groups in total. The summed E-state index contributed by atoms with van der Waals surface area (Å²) in [5, 5.41) is 0. The Hall–Kier alpha value is -1.38. The molecule has 0 amide bonds. The van der Waals surface area contributed by atoms with E-state index in [0.29, 0.717) is 12.2 Å². The van der Waals surface area contributed by atoms with Crippen LogP contribution >= 0.6 is 0 Å². The van der Waals surface area contributed by atoms with Crippen molar-refractivity contribution in [2.24, 2.45) is 0 Å². The molecular weight excluding hydrogens is 144 g/mol. The Morgan fingerprint density at radius 2 is 2.09 bits per heavy atom. The summed E-state index contributed by atoms with van der Waals surface area (Å²) in [6.45, 7) is 5.54. The van der Waals surface area contributed by atoms with Crippen LogP contribution in [-0.2, 0) is 0 Å². The number of hydrogen-bond acceptors (Lipinski definition) is 3. The van der Waals surface area contributed by atoms with E-state index in [9.17, 15) is 9.59 Å². The molecule has 3 heteroatoms. The fourth-order valence-corrected chi connectivity index (χ4v) is 0.861. The van der Waals surface area contributed by atoms with E-state index >= 15 is 0 Å². The van der Waals surface area contributed by atoms with Crippen molar-refractivity contribution in [2.45, 2.75) is 6.92 Å². The quantitative estimate of drug-likeness (QED) is 0.586. The van der Waals surface area contributed by atoms with Gasteiger partial charge in [0.15, 0.2) is 5.75 Å². The molecule has 0 spiro atoms. The minimum Gasteiger partial charge on any atom is -0.489 e. The summed E-state index contributed by atoms with van der Waals surface area (Å²) in [6.07, 6.45) is 1.34. The molecule has 1 rings (SSSR count). The first-order valence-corrected chi connectivity index (χ1v) is 3.31. The van der Waals surface area contributed by atoms with Gasteiger partial charge < -0.3 is 4.74 Å². The zero-order valence-electron chi connectivity index (χ0n) is 6.22. The van der Waals surface area contributed by atoms with Gasteiger partial charge in [-0.25, -0.2) is 0 Å². The topological polar surface area (TPSA) is 43.4 Å². The molecule has 0 aromatic heterocycles. The first-order chi connectivity index (χ1) is 5.22. The number of hydrogen-bond donors (Lipinski definition) is 0. The van der Waals surface area contributed by atoms with Gasteiger partial charge in [0, 0.05) is 0 Å². The summed E-state index contributed by atoms with van der Waals surface area (Å²) in [4.78, 5) is 21.5. The lowest BCUT2D eigenvalue weighted by Crippen LogP contribution is -2.35. The van der Waals surface area contributed by atoms with E-state index < -0.39 is 10.9 Å². The zero-order valence-corrected chi connectivity index (χ0v) is 6.22. The molecule has 0 atom stereocenters. The molecule has 0 saturated heterocycles. The molecule has 58 valence electrons. The maximum Gasteiger partial charge on any atom is 0.268 e. The van der Waals surface area contributed by atoms with Crippen LogP contribution in [0.1, 0.15) is 12.5 Å². The summed E-state index contributed by atoms with van der Waals surface area (Å²) in [6, 6.07) is 0. The predicted molar refractivity (Wildman–Crippen MR) is 42.6 cm³/mol. The summed E-state index contributed by atoms with van der Waals surface area (Å²) in [7, 11) is 0. The summed E-state index contributed by atoms with van der Waals surface area (Å²) >= 11 is 0. The fraction of sp³-hybridized carbons (Fsp3) is 0.250. The SMILES string of the molecule is C=Cc1c(OCC)c(=O)c1=O. The van der Waals surface area contributed by atoms with E-state index in [-0.39, 0.29) is 5.75 Å². The summed E-state index contributed by atoms with van der Waals surface area (Å²) < 4.78 is 4.90. The maximum atomic E-state index is 10.7. The zero-order chi connectivity index (χ0) is 8.43. The molecular formula is C8H8O3. The van der Waals surface area contributed by atoms with Crippen LogP contribution in [0.2, 0.25) is 0 Å². The Morgan fingerprint density at radius 3 is 2.55 bits per heavy atom. The minimum absolute atomic E-state index is 0.160. The fourth-order valence-electron chi connectivity index (χ4n) is 0.861. The van der Waals surface area contributed by atoms with E-state index in [2.05, 4.69) is 6.58 Å². The first kappa shape index (κ1) is 7.72. The van der Waals surface area contributed by atoms with Crippen LogP contribution in [-0.4, -0.2) is 6.61 Å². The average molecular weight is 152 g/mol. The van der Waals surface area contributed by atoms with Crippen LogP contribution in [0.3, 0.4) is 0 Å². The molecule has 0 unspecified atom stereocenters. The van der Waals surface area contributed by atoms with Gasteiger partial charge in [-0.3, -0.25) is 9.59 Å². The maximum absolute atomic E-state index is 10.7. The molecule has 0 bridgehead atoms. The highest BCUT2D eigenvalue weighted by Crippen LogP contribution is 2.11. The lowest BCUT2D eigenvalue weighted by Gasteiger charge is -2.06. The second-order valence-corrected chi connectivity index (χ2v) is 2.04. The van der Waals surface area contributed by atoms with Crippen LogP contribution < -0.4 is 15.6 Å². The normalized spacial score (nSPS) is 9.91. The van der Waals surface area contributed by atoms with Gasteiger partial charge in [-0.15, -0.1) is 0 Å². The average Bonchev–Trinajstić information content (AvgIpc) is 2.04. The van der Waals surface area contributed by atoms with Crippen LogP contribution in [0.4, 0.5) is 0 Å². The Balaban J connectivity index is 3.08. The van der Waals surface area contributed by atoms with Crippen molar-refractivity contribution >= 4 is 6.08 Å². The van der Waals surface area contributed by atoms with Crippen LogP contribution in [0.15, 0.2) is 16.2 Å². The highest BCUT2D eigenvalue weighted by atomic mass is 16.5. The van der Waals surface area contributed by atoms with Gasteiger partial charge in [0.25, 0.3) is 5.43 Å².